The van der Waals surface area contributed by atoms with Crippen LogP contribution in [0, 0.1) is 17.6 Å². The molecule has 2 unspecified atom stereocenters. The van der Waals surface area contributed by atoms with Gasteiger partial charge in [0.1, 0.15) is 0 Å². The summed E-state index contributed by atoms with van der Waals surface area (Å²) in [6.07, 6.45) is 3.91. The lowest BCUT2D eigenvalue weighted by molar-refractivity contribution is 0.413. The van der Waals surface area contributed by atoms with Gasteiger partial charge in [-0.1, -0.05) is 25.5 Å². The van der Waals surface area contributed by atoms with Crippen molar-refractivity contribution in [1.29, 1.82) is 0 Å². The maximum Gasteiger partial charge on any atom is 0.178 e. The van der Waals surface area contributed by atoms with Crippen molar-refractivity contribution in [3.05, 3.63) is 28.5 Å². The second-order valence-corrected chi connectivity index (χ2v) is 5.63. The quantitative estimate of drug-likeness (QED) is 0.741. The first-order chi connectivity index (χ1) is 8.18. The van der Waals surface area contributed by atoms with E-state index in [4.69, 9.17) is 12.2 Å². The lowest BCUT2D eigenvalue weighted by atomic mass is 10.1. The van der Waals surface area contributed by atoms with E-state index < -0.39 is 0 Å². The van der Waals surface area contributed by atoms with Crippen molar-refractivity contribution in [3.63, 3.8) is 0 Å². The highest BCUT2D eigenvalue weighted by Gasteiger charge is 2.27. The van der Waals surface area contributed by atoms with Gasteiger partial charge in [0.25, 0.3) is 0 Å². The van der Waals surface area contributed by atoms with E-state index in [1.54, 1.807) is 0 Å². The molecule has 2 aromatic rings. The number of para-hydroxylation sites is 1. The second-order valence-electron chi connectivity index (χ2n) is 5.25. The second kappa shape index (κ2) is 3.98. The number of aromatic nitrogens is 2. The largest absolute Gasteiger partial charge is 0.331 e. The molecule has 90 valence electrons. The zero-order valence-electron chi connectivity index (χ0n) is 10.4. The first kappa shape index (κ1) is 11.0. The number of aromatic amines is 1. The van der Waals surface area contributed by atoms with Gasteiger partial charge in [0.05, 0.1) is 11.0 Å². The van der Waals surface area contributed by atoms with E-state index in [1.807, 2.05) is 0 Å². The molecule has 1 aliphatic carbocycles. The van der Waals surface area contributed by atoms with Gasteiger partial charge in [-0.2, -0.15) is 0 Å². The summed E-state index contributed by atoms with van der Waals surface area (Å²) in [4.78, 5) is 3.34. The summed E-state index contributed by atoms with van der Waals surface area (Å²) >= 11 is 5.51. The zero-order chi connectivity index (χ0) is 12.0. The summed E-state index contributed by atoms with van der Waals surface area (Å²) in [7, 11) is 0. The van der Waals surface area contributed by atoms with Gasteiger partial charge < -0.3 is 9.55 Å². The van der Waals surface area contributed by atoms with Crippen LogP contribution < -0.4 is 0 Å². The molecule has 0 spiro atoms. The van der Waals surface area contributed by atoms with Crippen molar-refractivity contribution >= 4 is 23.3 Å². The first-order valence-electron chi connectivity index (χ1n) is 6.38. The molecule has 0 radical (unpaired) electrons. The number of nitrogens with zero attached hydrogens (tertiary/aromatic N) is 1. The molecule has 0 bridgehead atoms. The van der Waals surface area contributed by atoms with Crippen molar-refractivity contribution in [2.24, 2.45) is 5.92 Å². The maximum atomic E-state index is 5.51. The van der Waals surface area contributed by atoms with E-state index in [9.17, 15) is 0 Å². The van der Waals surface area contributed by atoms with Gasteiger partial charge >= 0.3 is 0 Å². The van der Waals surface area contributed by atoms with E-state index in [-0.39, 0.29) is 0 Å². The molecule has 3 rings (SSSR count). The van der Waals surface area contributed by atoms with Gasteiger partial charge in [0.2, 0.25) is 0 Å². The molecule has 0 amide bonds. The number of hydrogen-bond donors (Lipinski definition) is 1. The smallest absolute Gasteiger partial charge is 0.178 e. The molecule has 17 heavy (non-hydrogen) atoms. The fourth-order valence-corrected chi connectivity index (χ4v) is 3.52. The minimum absolute atomic E-state index is 0.581. The Bertz CT molecular complexity index is 608. The molecular formula is C14H18N2S. The van der Waals surface area contributed by atoms with Crippen LogP contribution in [0.5, 0.6) is 0 Å². The number of H-pyrrole nitrogens is 1. The number of nitrogens with one attached hydrogen (secondary N) is 1. The summed E-state index contributed by atoms with van der Waals surface area (Å²) in [5, 5.41) is 0. The van der Waals surface area contributed by atoms with Crippen molar-refractivity contribution in [2.75, 3.05) is 0 Å². The Balaban J connectivity index is 2.28. The van der Waals surface area contributed by atoms with Crippen molar-refractivity contribution < 1.29 is 0 Å². The molecule has 2 atom stereocenters. The van der Waals surface area contributed by atoms with Crippen LogP contribution in [0.1, 0.15) is 37.8 Å². The summed E-state index contributed by atoms with van der Waals surface area (Å²) in [6.45, 7) is 4.51. The van der Waals surface area contributed by atoms with Crippen LogP contribution >= 0.6 is 12.2 Å². The number of hydrogen-bond acceptors (Lipinski definition) is 1. The van der Waals surface area contributed by atoms with Crippen LogP contribution in [0.25, 0.3) is 11.0 Å². The Labute approximate surface area is 107 Å². The first-order valence-corrected chi connectivity index (χ1v) is 6.79. The fraction of sp³-hybridized carbons (Fsp3) is 0.500. The van der Waals surface area contributed by atoms with Gasteiger partial charge in [-0.3, -0.25) is 0 Å². The molecule has 0 aliphatic heterocycles. The van der Waals surface area contributed by atoms with Gasteiger partial charge in [-0.05, 0) is 49.5 Å². The summed E-state index contributed by atoms with van der Waals surface area (Å²) in [5.41, 5.74) is 3.79. The Morgan fingerprint density at radius 2 is 2.18 bits per heavy atom. The van der Waals surface area contributed by atoms with Crippen molar-refractivity contribution in [3.8, 4) is 0 Å². The van der Waals surface area contributed by atoms with Crippen LogP contribution in [0.4, 0.5) is 0 Å². The molecule has 1 aromatic carbocycles. The molecule has 1 aromatic heterocycles. The predicted octanol–water partition coefficient (Wildman–Crippen LogP) is 4.37. The number of aryl methyl sites for hydroxylation is 1. The molecule has 2 nitrogen and oxygen atoms in total. The van der Waals surface area contributed by atoms with Crippen LogP contribution in [-0.2, 0) is 0 Å². The van der Waals surface area contributed by atoms with Crippen LogP contribution in [0.2, 0.25) is 0 Å². The standard InChI is InChI=1S/C14H18N2S/c1-9-5-4-8-12(9)16-13-10(2)6-3-7-11(13)15-14(16)17/h3,6-7,9,12H,4-5,8H2,1-2H3,(H,15,17). The molecule has 1 N–H and O–H groups in total. The Morgan fingerprint density at radius 3 is 2.88 bits per heavy atom. The Morgan fingerprint density at radius 1 is 1.35 bits per heavy atom. The summed E-state index contributed by atoms with van der Waals surface area (Å²) < 4.78 is 3.24. The minimum atomic E-state index is 0.581. The van der Waals surface area contributed by atoms with Gasteiger partial charge in [0, 0.05) is 6.04 Å². The topological polar surface area (TPSA) is 20.7 Å². The molecular weight excluding hydrogens is 228 g/mol. The van der Waals surface area contributed by atoms with Crippen LogP contribution in [0.15, 0.2) is 18.2 Å². The highest BCUT2D eigenvalue weighted by molar-refractivity contribution is 7.71. The molecule has 1 aliphatic rings. The number of benzene rings is 1. The molecule has 1 heterocycles. The zero-order valence-corrected chi connectivity index (χ0v) is 11.2. The number of fused-ring (bicyclic) bond motifs is 1. The SMILES string of the molecule is Cc1cccc2[nH]c(=S)n(C3CCCC3C)c12. The average Bonchev–Trinajstić information content (AvgIpc) is 2.82. The van der Waals surface area contributed by atoms with E-state index in [2.05, 4.69) is 41.6 Å². The van der Waals surface area contributed by atoms with Crippen LogP contribution in [-0.4, -0.2) is 9.55 Å². The number of imidazole rings is 1. The van der Waals surface area contributed by atoms with E-state index in [0.717, 1.165) is 10.7 Å². The van der Waals surface area contributed by atoms with Gasteiger partial charge in [-0.25, -0.2) is 0 Å². The number of rotatable bonds is 1. The highest BCUT2D eigenvalue weighted by Crippen LogP contribution is 2.38. The predicted molar refractivity (Wildman–Crippen MR) is 73.9 cm³/mol. The lowest BCUT2D eigenvalue weighted by Gasteiger charge is -2.19. The summed E-state index contributed by atoms with van der Waals surface area (Å²) in [6, 6.07) is 6.96. The Kier molecular flexibility index (Phi) is 2.58. The summed E-state index contributed by atoms with van der Waals surface area (Å²) in [5.74, 6) is 0.736. The fourth-order valence-electron chi connectivity index (χ4n) is 3.18. The monoisotopic (exact) mass is 246 g/mol. The van der Waals surface area contributed by atoms with Gasteiger partial charge in [0.15, 0.2) is 4.77 Å². The third-order valence-electron chi connectivity index (χ3n) is 4.09. The van der Waals surface area contributed by atoms with Gasteiger partial charge in [-0.15, -0.1) is 0 Å². The third kappa shape index (κ3) is 1.64. The maximum absolute atomic E-state index is 5.51. The minimum Gasteiger partial charge on any atom is -0.331 e. The average molecular weight is 246 g/mol. The lowest BCUT2D eigenvalue weighted by Crippen LogP contribution is -2.12. The molecule has 0 saturated heterocycles. The van der Waals surface area contributed by atoms with Crippen molar-refractivity contribution in [1.82, 2.24) is 9.55 Å². The van der Waals surface area contributed by atoms with Crippen molar-refractivity contribution in [2.45, 2.75) is 39.2 Å². The van der Waals surface area contributed by atoms with E-state index in [1.165, 1.54) is 35.9 Å². The highest BCUT2D eigenvalue weighted by atomic mass is 32.1. The van der Waals surface area contributed by atoms with E-state index in [0.29, 0.717) is 6.04 Å². The molecule has 3 heteroatoms. The molecule has 1 fully saturated rings. The third-order valence-corrected chi connectivity index (χ3v) is 4.39. The Hall–Kier alpha value is -1.09. The normalized spacial score (nSPS) is 24.6. The van der Waals surface area contributed by atoms with Crippen LogP contribution in [0.3, 0.4) is 0 Å². The van der Waals surface area contributed by atoms with E-state index >= 15 is 0 Å². The molecule has 1 saturated carbocycles.